The number of carbonyl (C=O) groups is 1. The Kier molecular flexibility index (Phi) is 4.57. The maximum absolute atomic E-state index is 12.2. The number of anilines is 1. The monoisotopic (exact) mass is 344 g/mol. The minimum Gasteiger partial charge on any atom is -0.348 e. The highest BCUT2D eigenvalue weighted by molar-refractivity contribution is 7.93. The van der Waals surface area contributed by atoms with Gasteiger partial charge in [0.15, 0.2) is 0 Å². The van der Waals surface area contributed by atoms with Gasteiger partial charge in [0.2, 0.25) is 10.0 Å². The van der Waals surface area contributed by atoms with E-state index in [1.807, 2.05) is 31.2 Å². The topological polar surface area (TPSA) is 66.5 Å². The number of sulfonamides is 1. The zero-order valence-corrected chi connectivity index (χ0v) is 14.3. The first-order valence-corrected chi connectivity index (χ1v) is 9.51. The third-order valence-electron chi connectivity index (χ3n) is 4.05. The number of nitrogens with zero attached hydrogens (tertiary/aromatic N) is 1. The van der Waals surface area contributed by atoms with Crippen LogP contribution >= 0.6 is 0 Å². The van der Waals surface area contributed by atoms with Crippen LogP contribution in [0, 0.1) is 6.92 Å². The van der Waals surface area contributed by atoms with Crippen molar-refractivity contribution in [1.29, 1.82) is 0 Å². The molecular formula is C18H20N2O3S. The van der Waals surface area contributed by atoms with Crippen LogP contribution < -0.4 is 9.62 Å². The van der Waals surface area contributed by atoms with Crippen molar-refractivity contribution in [3.8, 4) is 0 Å². The van der Waals surface area contributed by atoms with Crippen molar-refractivity contribution in [3.05, 3.63) is 65.2 Å². The van der Waals surface area contributed by atoms with Crippen LogP contribution in [-0.2, 0) is 16.6 Å². The van der Waals surface area contributed by atoms with Gasteiger partial charge in [-0.05, 0) is 43.2 Å². The molecule has 0 unspecified atom stereocenters. The van der Waals surface area contributed by atoms with Gasteiger partial charge in [-0.2, -0.15) is 0 Å². The van der Waals surface area contributed by atoms with E-state index in [1.54, 1.807) is 24.3 Å². The van der Waals surface area contributed by atoms with Crippen molar-refractivity contribution in [3.63, 3.8) is 0 Å². The fourth-order valence-corrected chi connectivity index (χ4v) is 4.38. The van der Waals surface area contributed by atoms with Crippen molar-refractivity contribution in [2.75, 3.05) is 16.6 Å². The summed E-state index contributed by atoms with van der Waals surface area (Å²) in [5.74, 6) is 0.0125. The molecule has 0 radical (unpaired) electrons. The third kappa shape index (κ3) is 3.59. The summed E-state index contributed by atoms with van der Waals surface area (Å²) >= 11 is 0. The number of hydrogen-bond acceptors (Lipinski definition) is 3. The lowest BCUT2D eigenvalue weighted by Crippen LogP contribution is -2.25. The summed E-state index contributed by atoms with van der Waals surface area (Å²) in [6.45, 7) is 2.97. The fraction of sp³-hybridized carbons (Fsp3) is 0.278. The van der Waals surface area contributed by atoms with Crippen LogP contribution in [0.3, 0.4) is 0 Å². The molecule has 1 aliphatic heterocycles. The van der Waals surface area contributed by atoms with E-state index in [1.165, 1.54) is 4.31 Å². The quantitative estimate of drug-likeness (QED) is 0.926. The summed E-state index contributed by atoms with van der Waals surface area (Å²) in [7, 11) is -3.19. The SMILES string of the molecule is Cc1cccc(CNC(=O)c2ccc(N3CCCS3(=O)=O)cc2)c1. The Balaban J connectivity index is 1.66. The molecule has 24 heavy (non-hydrogen) atoms. The molecule has 1 amide bonds. The normalized spacial score (nSPS) is 16.1. The van der Waals surface area contributed by atoms with Crippen LogP contribution in [-0.4, -0.2) is 26.6 Å². The van der Waals surface area contributed by atoms with Crippen molar-refractivity contribution in [2.45, 2.75) is 19.9 Å². The van der Waals surface area contributed by atoms with Crippen LogP contribution in [0.1, 0.15) is 27.9 Å². The van der Waals surface area contributed by atoms with E-state index in [0.29, 0.717) is 30.8 Å². The van der Waals surface area contributed by atoms with Gasteiger partial charge in [0.05, 0.1) is 11.4 Å². The van der Waals surface area contributed by atoms with Gasteiger partial charge in [-0.15, -0.1) is 0 Å². The summed E-state index contributed by atoms with van der Waals surface area (Å²) in [5.41, 5.74) is 3.33. The van der Waals surface area contributed by atoms with Gasteiger partial charge >= 0.3 is 0 Å². The van der Waals surface area contributed by atoms with E-state index in [-0.39, 0.29) is 11.7 Å². The van der Waals surface area contributed by atoms with Crippen molar-refractivity contribution in [1.82, 2.24) is 5.32 Å². The number of rotatable bonds is 4. The average molecular weight is 344 g/mol. The number of carbonyl (C=O) groups excluding carboxylic acids is 1. The van der Waals surface area contributed by atoms with Crippen molar-refractivity contribution >= 4 is 21.6 Å². The van der Waals surface area contributed by atoms with E-state index < -0.39 is 10.0 Å². The lowest BCUT2D eigenvalue weighted by Gasteiger charge is -2.17. The van der Waals surface area contributed by atoms with Gasteiger partial charge in [0, 0.05) is 18.7 Å². The molecule has 0 aromatic heterocycles. The van der Waals surface area contributed by atoms with Crippen LogP contribution in [0.15, 0.2) is 48.5 Å². The van der Waals surface area contributed by atoms with Crippen LogP contribution in [0.2, 0.25) is 0 Å². The van der Waals surface area contributed by atoms with Crippen LogP contribution in [0.25, 0.3) is 0 Å². The summed E-state index contributed by atoms with van der Waals surface area (Å²) in [6, 6.07) is 14.7. The Bertz CT molecular complexity index is 845. The molecule has 0 bridgehead atoms. The molecule has 6 heteroatoms. The molecule has 5 nitrogen and oxygen atoms in total. The average Bonchev–Trinajstić information content (AvgIpc) is 2.92. The Morgan fingerprint density at radius 2 is 1.92 bits per heavy atom. The Hall–Kier alpha value is -2.34. The molecule has 126 valence electrons. The predicted octanol–water partition coefficient (Wildman–Crippen LogP) is 2.46. The molecule has 0 aliphatic carbocycles. The Morgan fingerprint density at radius 3 is 2.54 bits per heavy atom. The molecule has 1 fully saturated rings. The molecule has 1 N–H and O–H groups in total. The first kappa shape index (κ1) is 16.5. The highest BCUT2D eigenvalue weighted by Crippen LogP contribution is 2.24. The first-order valence-electron chi connectivity index (χ1n) is 7.90. The maximum atomic E-state index is 12.2. The molecule has 3 rings (SSSR count). The van der Waals surface area contributed by atoms with E-state index in [0.717, 1.165) is 11.1 Å². The molecule has 1 saturated heterocycles. The second kappa shape index (κ2) is 6.65. The van der Waals surface area contributed by atoms with Gasteiger partial charge in [-0.3, -0.25) is 9.10 Å². The second-order valence-corrected chi connectivity index (χ2v) is 7.97. The van der Waals surface area contributed by atoms with Crippen molar-refractivity contribution < 1.29 is 13.2 Å². The summed E-state index contributed by atoms with van der Waals surface area (Å²) in [4.78, 5) is 12.2. The maximum Gasteiger partial charge on any atom is 0.251 e. The summed E-state index contributed by atoms with van der Waals surface area (Å²) in [6.07, 6.45) is 0.640. The lowest BCUT2D eigenvalue weighted by atomic mass is 10.1. The van der Waals surface area contributed by atoms with E-state index in [9.17, 15) is 13.2 Å². The number of nitrogens with one attached hydrogen (secondary N) is 1. The third-order valence-corrected chi connectivity index (χ3v) is 5.92. The minimum atomic E-state index is -3.19. The molecular weight excluding hydrogens is 324 g/mol. The van der Waals surface area contributed by atoms with E-state index in [4.69, 9.17) is 0 Å². The van der Waals surface area contributed by atoms with Gasteiger partial charge in [-0.1, -0.05) is 29.8 Å². The molecule has 1 heterocycles. The highest BCUT2D eigenvalue weighted by Gasteiger charge is 2.28. The Morgan fingerprint density at radius 1 is 1.17 bits per heavy atom. The highest BCUT2D eigenvalue weighted by atomic mass is 32.2. The van der Waals surface area contributed by atoms with Crippen LogP contribution in [0.5, 0.6) is 0 Å². The summed E-state index contributed by atoms with van der Waals surface area (Å²) < 4.78 is 25.2. The molecule has 0 atom stereocenters. The second-order valence-electron chi connectivity index (χ2n) is 5.96. The molecule has 1 aliphatic rings. The molecule has 2 aromatic carbocycles. The Labute approximate surface area is 142 Å². The van der Waals surface area contributed by atoms with Gasteiger partial charge in [0.1, 0.15) is 0 Å². The minimum absolute atomic E-state index is 0.174. The van der Waals surface area contributed by atoms with Crippen molar-refractivity contribution in [2.24, 2.45) is 0 Å². The zero-order valence-electron chi connectivity index (χ0n) is 13.5. The standard InChI is InChI=1S/C18H20N2O3S/c1-14-4-2-5-15(12-14)13-19-18(21)16-6-8-17(9-7-16)20-10-3-11-24(20,22)23/h2,4-9,12H,3,10-11,13H2,1H3,(H,19,21). The smallest absolute Gasteiger partial charge is 0.251 e. The van der Waals surface area contributed by atoms with Gasteiger partial charge in [0.25, 0.3) is 5.91 Å². The fourth-order valence-electron chi connectivity index (χ4n) is 2.82. The molecule has 2 aromatic rings. The zero-order chi connectivity index (χ0) is 17.2. The summed E-state index contributed by atoms with van der Waals surface area (Å²) in [5, 5.41) is 2.88. The van der Waals surface area contributed by atoms with E-state index in [2.05, 4.69) is 5.32 Å². The number of amides is 1. The first-order chi connectivity index (χ1) is 11.5. The van der Waals surface area contributed by atoms with Gasteiger partial charge < -0.3 is 5.32 Å². The molecule has 0 spiro atoms. The number of aryl methyl sites for hydroxylation is 1. The molecule has 0 saturated carbocycles. The van der Waals surface area contributed by atoms with Crippen LogP contribution in [0.4, 0.5) is 5.69 Å². The predicted molar refractivity (Wildman–Crippen MR) is 94.5 cm³/mol. The number of benzene rings is 2. The number of hydrogen-bond donors (Lipinski definition) is 1. The largest absolute Gasteiger partial charge is 0.348 e. The van der Waals surface area contributed by atoms with Gasteiger partial charge in [-0.25, -0.2) is 8.42 Å². The lowest BCUT2D eigenvalue weighted by molar-refractivity contribution is 0.0951. The van der Waals surface area contributed by atoms with E-state index >= 15 is 0 Å².